The predicted molar refractivity (Wildman–Crippen MR) is 133 cm³/mol. The average molecular weight is 494 g/mol. The molecule has 0 atom stereocenters. The predicted octanol–water partition coefficient (Wildman–Crippen LogP) is 5.63. The molecule has 0 aliphatic rings. The topological polar surface area (TPSA) is 92.5 Å². The van der Waals surface area contributed by atoms with Gasteiger partial charge in [-0.1, -0.05) is 48.0 Å². The van der Waals surface area contributed by atoms with Gasteiger partial charge >= 0.3 is 0 Å². The van der Waals surface area contributed by atoms with Crippen LogP contribution in [0.25, 0.3) is 11.3 Å². The van der Waals surface area contributed by atoms with Crippen LogP contribution in [0, 0.1) is 0 Å². The van der Waals surface area contributed by atoms with E-state index in [4.69, 9.17) is 16.0 Å². The van der Waals surface area contributed by atoms with Crippen molar-refractivity contribution in [2.24, 2.45) is 0 Å². The number of para-hydroxylation sites is 1. The first-order valence-electron chi connectivity index (χ1n) is 10.2. The molecule has 1 N–H and O–H groups in total. The van der Waals surface area contributed by atoms with Gasteiger partial charge in [0.1, 0.15) is 0 Å². The fourth-order valence-corrected chi connectivity index (χ4v) is 5.12. The number of hydrogen-bond donors (Lipinski definition) is 1. The Morgan fingerprint density at radius 1 is 1.09 bits per heavy atom. The Bertz CT molecular complexity index is 1440. The second kappa shape index (κ2) is 9.94. The molecule has 0 aliphatic heterocycles. The standard InChI is InChI=1S/C25H20ClN3O4S/c1-2-13-29(23-12-4-3-11-22(23)26)34(31,32)21-10-6-8-19(15-21)25(30)28-20-9-5-7-18(14-20)24-16-27-17-33-24/h2-12,14-17H,1,13H2,(H,28,30). The Balaban J connectivity index is 1.62. The van der Waals surface area contributed by atoms with Crippen LogP contribution in [-0.2, 0) is 10.0 Å². The summed E-state index contributed by atoms with van der Waals surface area (Å²) >= 11 is 6.25. The van der Waals surface area contributed by atoms with Crippen molar-refractivity contribution in [1.29, 1.82) is 0 Å². The fraction of sp³-hybridized carbons (Fsp3) is 0.0400. The van der Waals surface area contributed by atoms with E-state index < -0.39 is 15.9 Å². The van der Waals surface area contributed by atoms with Crippen molar-refractivity contribution in [1.82, 2.24) is 4.98 Å². The largest absolute Gasteiger partial charge is 0.444 e. The third kappa shape index (κ3) is 4.88. The Labute approximate surface area is 202 Å². The molecule has 1 aromatic heterocycles. The van der Waals surface area contributed by atoms with Crippen LogP contribution < -0.4 is 9.62 Å². The number of benzene rings is 3. The Kier molecular flexibility index (Phi) is 6.81. The number of amides is 1. The molecule has 172 valence electrons. The third-order valence-corrected chi connectivity index (χ3v) is 7.03. The summed E-state index contributed by atoms with van der Waals surface area (Å²) in [6.45, 7) is 3.67. The lowest BCUT2D eigenvalue weighted by Gasteiger charge is -2.24. The van der Waals surface area contributed by atoms with Gasteiger partial charge in [0.2, 0.25) is 0 Å². The quantitative estimate of drug-likeness (QED) is 0.321. The van der Waals surface area contributed by atoms with E-state index in [1.54, 1.807) is 54.7 Å². The number of carbonyl (C=O) groups is 1. The number of rotatable bonds is 8. The summed E-state index contributed by atoms with van der Waals surface area (Å²) in [5, 5.41) is 3.07. The Morgan fingerprint density at radius 3 is 2.62 bits per heavy atom. The molecule has 0 unspecified atom stereocenters. The second-order valence-electron chi connectivity index (χ2n) is 7.20. The van der Waals surface area contributed by atoms with Crippen LogP contribution in [0.4, 0.5) is 11.4 Å². The number of hydrogen-bond acceptors (Lipinski definition) is 5. The summed E-state index contributed by atoms with van der Waals surface area (Å²) in [6, 6.07) is 19.5. The summed E-state index contributed by atoms with van der Waals surface area (Å²) in [5.41, 5.74) is 1.77. The zero-order valence-electron chi connectivity index (χ0n) is 17.9. The minimum atomic E-state index is -4.03. The molecular weight excluding hydrogens is 474 g/mol. The minimum absolute atomic E-state index is 0.0108. The molecule has 0 bridgehead atoms. The van der Waals surface area contributed by atoms with Crippen LogP contribution in [0.5, 0.6) is 0 Å². The fourth-order valence-electron chi connectivity index (χ4n) is 3.33. The lowest BCUT2D eigenvalue weighted by molar-refractivity contribution is 0.102. The molecule has 1 amide bonds. The number of nitrogens with one attached hydrogen (secondary N) is 1. The highest BCUT2D eigenvalue weighted by atomic mass is 35.5. The molecule has 0 saturated heterocycles. The van der Waals surface area contributed by atoms with Gasteiger partial charge in [-0.15, -0.1) is 6.58 Å². The van der Waals surface area contributed by atoms with Crippen molar-refractivity contribution in [3.8, 4) is 11.3 Å². The summed E-state index contributed by atoms with van der Waals surface area (Å²) in [7, 11) is -4.03. The second-order valence-corrected chi connectivity index (χ2v) is 9.47. The number of nitrogens with zero attached hydrogens (tertiary/aromatic N) is 2. The maximum atomic E-state index is 13.5. The first kappa shape index (κ1) is 23.3. The number of sulfonamides is 1. The van der Waals surface area contributed by atoms with Gasteiger partial charge in [-0.3, -0.25) is 9.10 Å². The van der Waals surface area contributed by atoms with E-state index in [0.29, 0.717) is 17.1 Å². The van der Waals surface area contributed by atoms with E-state index in [2.05, 4.69) is 16.9 Å². The molecule has 34 heavy (non-hydrogen) atoms. The van der Waals surface area contributed by atoms with Gasteiger partial charge < -0.3 is 9.73 Å². The molecule has 7 nitrogen and oxygen atoms in total. The summed E-state index contributed by atoms with van der Waals surface area (Å²) in [4.78, 5) is 16.8. The maximum Gasteiger partial charge on any atom is 0.264 e. The van der Waals surface area contributed by atoms with Crippen LogP contribution in [0.2, 0.25) is 5.02 Å². The van der Waals surface area contributed by atoms with Crippen molar-refractivity contribution >= 4 is 38.9 Å². The van der Waals surface area contributed by atoms with E-state index in [1.165, 1.54) is 30.7 Å². The van der Waals surface area contributed by atoms with Gasteiger partial charge in [0.15, 0.2) is 12.2 Å². The monoisotopic (exact) mass is 493 g/mol. The first-order valence-corrected chi connectivity index (χ1v) is 12.0. The normalized spacial score (nSPS) is 11.1. The summed E-state index contributed by atoms with van der Waals surface area (Å²) in [6.07, 6.45) is 4.37. The molecular formula is C25H20ClN3O4S. The van der Waals surface area contributed by atoms with Gasteiger partial charge in [0, 0.05) is 16.8 Å². The van der Waals surface area contributed by atoms with Crippen LogP contribution in [-0.4, -0.2) is 25.9 Å². The molecule has 0 spiro atoms. The third-order valence-electron chi connectivity index (χ3n) is 4.94. The van der Waals surface area contributed by atoms with Gasteiger partial charge in [0.05, 0.1) is 28.3 Å². The van der Waals surface area contributed by atoms with E-state index in [0.717, 1.165) is 9.87 Å². The lowest BCUT2D eigenvalue weighted by atomic mass is 10.1. The van der Waals surface area contributed by atoms with Gasteiger partial charge in [-0.2, -0.15) is 0 Å². The zero-order valence-corrected chi connectivity index (χ0v) is 19.5. The van der Waals surface area contributed by atoms with Crippen molar-refractivity contribution in [3.05, 3.63) is 109 Å². The Hall–Kier alpha value is -3.88. The van der Waals surface area contributed by atoms with E-state index >= 15 is 0 Å². The van der Waals surface area contributed by atoms with Crippen LogP contribution in [0.1, 0.15) is 10.4 Å². The average Bonchev–Trinajstić information content (AvgIpc) is 3.38. The van der Waals surface area contributed by atoms with E-state index in [1.807, 2.05) is 6.07 Å². The molecule has 3 aromatic carbocycles. The highest BCUT2D eigenvalue weighted by Gasteiger charge is 2.26. The maximum absolute atomic E-state index is 13.5. The molecule has 0 radical (unpaired) electrons. The van der Waals surface area contributed by atoms with E-state index in [-0.39, 0.29) is 22.0 Å². The number of anilines is 2. The van der Waals surface area contributed by atoms with E-state index in [9.17, 15) is 13.2 Å². The highest BCUT2D eigenvalue weighted by Crippen LogP contribution is 2.30. The summed E-state index contributed by atoms with van der Waals surface area (Å²) in [5.74, 6) is 0.103. The summed E-state index contributed by atoms with van der Waals surface area (Å²) < 4.78 is 33.4. The first-order chi connectivity index (χ1) is 16.4. The van der Waals surface area contributed by atoms with Crippen molar-refractivity contribution < 1.29 is 17.6 Å². The highest BCUT2D eigenvalue weighted by molar-refractivity contribution is 7.92. The number of halogens is 1. The lowest BCUT2D eigenvalue weighted by Crippen LogP contribution is -2.31. The van der Waals surface area contributed by atoms with Crippen molar-refractivity contribution in [2.75, 3.05) is 16.2 Å². The number of aromatic nitrogens is 1. The van der Waals surface area contributed by atoms with Crippen LogP contribution in [0.3, 0.4) is 0 Å². The molecule has 0 saturated carbocycles. The SMILES string of the molecule is C=CCN(c1ccccc1Cl)S(=O)(=O)c1cccc(C(=O)Nc2cccc(-c3cnco3)c2)c1. The van der Waals surface area contributed by atoms with Gasteiger partial charge in [-0.05, 0) is 42.5 Å². The molecule has 4 rings (SSSR count). The number of carbonyl (C=O) groups excluding carboxylic acids is 1. The molecule has 4 aromatic rings. The Morgan fingerprint density at radius 2 is 1.88 bits per heavy atom. The van der Waals surface area contributed by atoms with Crippen molar-refractivity contribution in [2.45, 2.75) is 4.90 Å². The smallest absolute Gasteiger partial charge is 0.264 e. The molecule has 1 heterocycles. The molecule has 9 heteroatoms. The molecule has 0 fully saturated rings. The van der Waals surface area contributed by atoms with Gasteiger partial charge in [0.25, 0.3) is 15.9 Å². The molecule has 0 aliphatic carbocycles. The number of oxazole rings is 1. The van der Waals surface area contributed by atoms with Gasteiger partial charge in [-0.25, -0.2) is 13.4 Å². The van der Waals surface area contributed by atoms with Crippen LogP contribution in [0.15, 0.2) is 107 Å². The van der Waals surface area contributed by atoms with Crippen molar-refractivity contribution in [3.63, 3.8) is 0 Å². The zero-order chi connectivity index (χ0) is 24.1. The minimum Gasteiger partial charge on any atom is -0.444 e. The van der Waals surface area contributed by atoms with Crippen LogP contribution >= 0.6 is 11.6 Å².